The van der Waals surface area contributed by atoms with E-state index >= 15 is 0 Å². The normalized spacial score (nSPS) is 12.3. The Hall–Kier alpha value is -1.88. The highest BCUT2D eigenvalue weighted by molar-refractivity contribution is 5.89. The van der Waals surface area contributed by atoms with E-state index in [1.165, 1.54) is 0 Å². The maximum absolute atomic E-state index is 9.09. The number of aliphatic hydroxyl groups excluding tert-OH is 1. The highest BCUT2D eigenvalue weighted by Gasteiger charge is 2.10. The van der Waals surface area contributed by atoms with Gasteiger partial charge < -0.3 is 15.7 Å². The lowest BCUT2D eigenvalue weighted by Crippen LogP contribution is -2.16. The number of benzene rings is 1. The first kappa shape index (κ1) is 15.5. The molecule has 2 rings (SSSR count). The lowest BCUT2D eigenvalue weighted by Gasteiger charge is -2.16. The zero-order valence-electron chi connectivity index (χ0n) is 12.8. The van der Waals surface area contributed by atoms with Gasteiger partial charge in [-0.2, -0.15) is 4.98 Å². The van der Waals surface area contributed by atoms with Crippen molar-refractivity contribution in [1.82, 2.24) is 9.97 Å². The fraction of sp³-hybridized carbons (Fsp3) is 0.500. The van der Waals surface area contributed by atoms with Crippen LogP contribution in [0.3, 0.4) is 0 Å². The van der Waals surface area contributed by atoms with Crippen LogP contribution in [0.5, 0.6) is 0 Å². The van der Waals surface area contributed by atoms with Gasteiger partial charge in [0, 0.05) is 25.1 Å². The molecule has 5 heteroatoms. The summed E-state index contributed by atoms with van der Waals surface area (Å²) in [6, 6.07) is 8.00. The Morgan fingerprint density at radius 2 is 1.95 bits per heavy atom. The molecule has 3 N–H and O–H groups in total. The van der Waals surface area contributed by atoms with Crippen LogP contribution in [0.4, 0.5) is 11.8 Å². The van der Waals surface area contributed by atoms with Gasteiger partial charge in [0.05, 0.1) is 5.52 Å². The van der Waals surface area contributed by atoms with Crippen LogP contribution in [-0.2, 0) is 0 Å². The van der Waals surface area contributed by atoms with E-state index in [-0.39, 0.29) is 6.61 Å². The Bertz CT molecular complexity index is 573. The van der Waals surface area contributed by atoms with Crippen molar-refractivity contribution in [3.63, 3.8) is 0 Å². The number of aromatic nitrogens is 2. The number of hydrogen-bond acceptors (Lipinski definition) is 5. The maximum Gasteiger partial charge on any atom is 0.225 e. The summed E-state index contributed by atoms with van der Waals surface area (Å²) in [7, 11) is 0. The predicted molar refractivity (Wildman–Crippen MR) is 87.7 cm³/mol. The number of nitrogens with zero attached hydrogens (tertiary/aromatic N) is 2. The van der Waals surface area contributed by atoms with Crippen LogP contribution in [0.25, 0.3) is 10.9 Å². The number of fused-ring (bicyclic) bond motifs is 1. The van der Waals surface area contributed by atoms with Gasteiger partial charge in [0.2, 0.25) is 5.95 Å². The molecule has 0 amide bonds. The number of nitrogens with one attached hydrogen (secondary N) is 2. The van der Waals surface area contributed by atoms with E-state index in [4.69, 9.17) is 5.11 Å². The maximum atomic E-state index is 9.09. The molecule has 2 aromatic rings. The molecule has 1 atom stereocenters. The van der Waals surface area contributed by atoms with E-state index in [1.54, 1.807) is 0 Å². The molecule has 1 aromatic heterocycles. The van der Waals surface area contributed by atoms with Crippen LogP contribution in [0.1, 0.15) is 26.7 Å². The van der Waals surface area contributed by atoms with Gasteiger partial charge in [-0.05, 0) is 31.4 Å². The van der Waals surface area contributed by atoms with Crippen LogP contribution < -0.4 is 10.6 Å². The fourth-order valence-electron chi connectivity index (χ4n) is 2.32. The largest absolute Gasteiger partial charge is 0.396 e. The molecule has 0 fully saturated rings. The third kappa shape index (κ3) is 4.04. The van der Waals surface area contributed by atoms with Gasteiger partial charge in [-0.1, -0.05) is 25.5 Å². The molecule has 0 aliphatic carbocycles. The highest BCUT2D eigenvalue weighted by Crippen LogP contribution is 2.22. The van der Waals surface area contributed by atoms with E-state index in [2.05, 4.69) is 27.5 Å². The Labute approximate surface area is 125 Å². The lowest BCUT2D eigenvalue weighted by molar-refractivity contribution is 0.258. The standard InChI is InChI=1S/C16H24N4O/c1-3-12(9-10-21)11-18-15-13-7-5-6-8-14(13)19-16(20-15)17-4-2/h5-8,12,21H,3-4,9-11H2,1-2H3,(H2,17,18,19,20). The molecule has 0 radical (unpaired) electrons. The second-order valence-electron chi connectivity index (χ2n) is 5.11. The first-order valence-corrected chi connectivity index (χ1v) is 7.63. The molecule has 0 spiro atoms. The highest BCUT2D eigenvalue weighted by atomic mass is 16.3. The van der Waals surface area contributed by atoms with E-state index in [1.807, 2.05) is 31.2 Å². The average Bonchev–Trinajstić information content (AvgIpc) is 2.51. The minimum Gasteiger partial charge on any atom is -0.396 e. The average molecular weight is 288 g/mol. The van der Waals surface area contributed by atoms with Gasteiger partial charge >= 0.3 is 0 Å². The Kier molecular flexibility index (Phi) is 5.75. The molecule has 5 nitrogen and oxygen atoms in total. The summed E-state index contributed by atoms with van der Waals surface area (Å²) in [5.41, 5.74) is 0.932. The zero-order chi connectivity index (χ0) is 15.1. The third-order valence-corrected chi connectivity index (χ3v) is 3.61. The quantitative estimate of drug-likeness (QED) is 0.697. The first-order valence-electron chi connectivity index (χ1n) is 7.63. The van der Waals surface area contributed by atoms with Gasteiger partial charge in [-0.3, -0.25) is 0 Å². The third-order valence-electron chi connectivity index (χ3n) is 3.61. The van der Waals surface area contributed by atoms with Crippen LogP contribution in [0, 0.1) is 5.92 Å². The van der Waals surface area contributed by atoms with Gasteiger partial charge in [0.25, 0.3) is 0 Å². The number of anilines is 2. The molecule has 0 aliphatic rings. The second kappa shape index (κ2) is 7.78. The summed E-state index contributed by atoms with van der Waals surface area (Å²) in [5.74, 6) is 1.95. The number of rotatable bonds is 8. The summed E-state index contributed by atoms with van der Waals surface area (Å²) in [6.07, 6.45) is 1.85. The molecule has 1 aromatic carbocycles. The number of hydrogen-bond donors (Lipinski definition) is 3. The second-order valence-corrected chi connectivity index (χ2v) is 5.11. The van der Waals surface area contributed by atoms with Crippen molar-refractivity contribution >= 4 is 22.7 Å². The van der Waals surface area contributed by atoms with Crippen molar-refractivity contribution in [3.05, 3.63) is 24.3 Å². The van der Waals surface area contributed by atoms with Crippen molar-refractivity contribution in [3.8, 4) is 0 Å². The molecule has 0 saturated heterocycles. The Morgan fingerprint density at radius 1 is 1.14 bits per heavy atom. The number of para-hydroxylation sites is 1. The smallest absolute Gasteiger partial charge is 0.225 e. The minimum absolute atomic E-state index is 0.230. The predicted octanol–water partition coefficient (Wildman–Crippen LogP) is 2.88. The Morgan fingerprint density at radius 3 is 2.67 bits per heavy atom. The van der Waals surface area contributed by atoms with Gasteiger partial charge in [0.1, 0.15) is 5.82 Å². The van der Waals surface area contributed by atoms with Crippen molar-refractivity contribution in [2.75, 3.05) is 30.3 Å². The molecule has 0 saturated carbocycles. The van der Waals surface area contributed by atoms with E-state index in [0.717, 1.165) is 42.7 Å². The molecule has 0 bridgehead atoms. The van der Waals surface area contributed by atoms with Crippen LogP contribution in [-0.4, -0.2) is 34.8 Å². The summed E-state index contributed by atoms with van der Waals surface area (Å²) in [5, 5.41) is 16.7. The zero-order valence-corrected chi connectivity index (χ0v) is 12.8. The van der Waals surface area contributed by atoms with Crippen molar-refractivity contribution in [2.45, 2.75) is 26.7 Å². The minimum atomic E-state index is 0.230. The van der Waals surface area contributed by atoms with E-state index in [9.17, 15) is 0 Å². The molecule has 114 valence electrons. The van der Waals surface area contributed by atoms with Crippen LogP contribution >= 0.6 is 0 Å². The SMILES string of the molecule is CCNc1nc(NCC(CC)CCO)c2ccccc2n1. The monoisotopic (exact) mass is 288 g/mol. The molecule has 21 heavy (non-hydrogen) atoms. The van der Waals surface area contributed by atoms with E-state index < -0.39 is 0 Å². The molecule has 1 heterocycles. The van der Waals surface area contributed by atoms with Gasteiger partial charge in [0.15, 0.2) is 0 Å². The van der Waals surface area contributed by atoms with Crippen molar-refractivity contribution in [1.29, 1.82) is 0 Å². The van der Waals surface area contributed by atoms with Crippen molar-refractivity contribution < 1.29 is 5.11 Å². The lowest BCUT2D eigenvalue weighted by atomic mass is 10.0. The van der Waals surface area contributed by atoms with Crippen LogP contribution in [0.15, 0.2) is 24.3 Å². The summed E-state index contributed by atoms with van der Waals surface area (Å²) >= 11 is 0. The number of aliphatic hydroxyl groups is 1. The molecular formula is C16H24N4O. The summed E-state index contributed by atoms with van der Waals surface area (Å²) in [6.45, 7) is 6.00. The summed E-state index contributed by atoms with van der Waals surface area (Å²) in [4.78, 5) is 9.07. The van der Waals surface area contributed by atoms with E-state index in [0.29, 0.717) is 11.9 Å². The molecule has 0 aliphatic heterocycles. The summed E-state index contributed by atoms with van der Waals surface area (Å²) < 4.78 is 0. The fourth-order valence-corrected chi connectivity index (χ4v) is 2.32. The van der Waals surface area contributed by atoms with Gasteiger partial charge in [-0.25, -0.2) is 4.98 Å². The van der Waals surface area contributed by atoms with Crippen LogP contribution in [0.2, 0.25) is 0 Å². The van der Waals surface area contributed by atoms with Gasteiger partial charge in [-0.15, -0.1) is 0 Å². The molecule has 1 unspecified atom stereocenters. The topological polar surface area (TPSA) is 70.1 Å². The Balaban J connectivity index is 2.24. The first-order chi connectivity index (χ1) is 10.3. The molecular weight excluding hydrogens is 264 g/mol. The van der Waals surface area contributed by atoms with Crippen molar-refractivity contribution in [2.24, 2.45) is 5.92 Å².